The summed E-state index contributed by atoms with van der Waals surface area (Å²) in [7, 11) is 0. The molecule has 0 saturated carbocycles. The molecule has 1 rings (SSSR count). The summed E-state index contributed by atoms with van der Waals surface area (Å²) >= 11 is 0. The Bertz CT molecular complexity index is 139. The van der Waals surface area contributed by atoms with E-state index in [0.717, 1.165) is 25.9 Å². The van der Waals surface area contributed by atoms with Crippen molar-refractivity contribution in [3.05, 3.63) is 0 Å². The number of ketones is 1. The van der Waals surface area contributed by atoms with Gasteiger partial charge in [0.1, 0.15) is 5.78 Å². The second-order valence-corrected chi connectivity index (χ2v) is 3.12. The highest BCUT2D eigenvalue weighted by molar-refractivity contribution is 5.75. The van der Waals surface area contributed by atoms with Crippen molar-refractivity contribution in [3.63, 3.8) is 0 Å². The highest BCUT2D eigenvalue weighted by Crippen LogP contribution is 2.13. The summed E-state index contributed by atoms with van der Waals surface area (Å²) in [4.78, 5) is 10.6. The first-order valence-electron chi connectivity index (χ1n) is 4.51. The fourth-order valence-electron chi connectivity index (χ4n) is 1.22. The predicted molar refractivity (Wildman–Crippen MR) is 44.8 cm³/mol. The first-order chi connectivity index (χ1) is 5.79. The van der Waals surface area contributed by atoms with Crippen LogP contribution >= 0.6 is 0 Å². The zero-order valence-electron chi connectivity index (χ0n) is 7.54. The maximum atomic E-state index is 10.6. The molecule has 0 N–H and O–H groups in total. The summed E-state index contributed by atoms with van der Waals surface area (Å²) in [6, 6.07) is 0. The van der Waals surface area contributed by atoms with Crippen LogP contribution in [-0.4, -0.2) is 25.3 Å². The topological polar surface area (TPSA) is 35.5 Å². The van der Waals surface area contributed by atoms with Crippen LogP contribution in [0.5, 0.6) is 0 Å². The zero-order chi connectivity index (χ0) is 8.81. The first-order valence-corrected chi connectivity index (χ1v) is 4.51. The van der Waals surface area contributed by atoms with E-state index in [0.29, 0.717) is 13.0 Å². The molecule has 0 bridgehead atoms. The molecule has 1 atom stereocenters. The normalized spacial score (nSPS) is 22.9. The number of hydrogen-bond acceptors (Lipinski definition) is 3. The second kappa shape index (κ2) is 5.27. The Labute approximate surface area is 73.0 Å². The Morgan fingerprint density at radius 2 is 2.50 bits per heavy atom. The van der Waals surface area contributed by atoms with Crippen molar-refractivity contribution in [2.75, 3.05) is 13.2 Å². The number of ether oxygens (including phenoxy) is 2. The fraction of sp³-hybridized carbons (Fsp3) is 0.889. The van der Waals surface area contributed by atoms with E-state index in [2.05, 4.69) is 0 Å². The smallest absolute Gasteiger partial charge is 0.157 e. The quantitative estimate of drug-likeness (QED) is 0.590. The molecule has 0 aromatic heterocycles. The number of carbonyl (C=O) groups is 1. The van der Waals surface area contributed by atoms with E-state index in [9.17, 15) is 4.79 Å². The van der Waals surface area contributed by atoms with Crippen molar-refractivity contribution in [1.29, 1.82) is 0 Å². The molecule has 0 aliphatic carbocycles. The number of carbonyl (C=O) groups excluding carboxylic acids is 1. The van der Waals surface area contributed by atoms with Gasteiger partial charge in [-0.3, -0.25) is 0 Å². The average Bonchev–Trinajstić information content (AvgIpc) is 2.49. The van der Waals surface area contributed by atoms with Crippen LogP contribution in [0, 0.1) is 0 Å². The molecular formula is C9H16O3. The number of hydrogen-bond donors (Lipinski definition) is 0. The molecule has 1 aliphatic rings. The molecule has 1 aliphatic heterocycles. The van der Waals surface area contributed by atoms with E-state index in [1.807, 2.05) is 0 Å². The van der Waals surface area contributed by atoms with E-state index in [1.165, 1.54) is 0 Å². The van der Waals surface area contributed by atoms with Gasteiger partial charge in [0.2, 0.25) is 0 Å². The predicted octanol–water partition coefficient (Wildman–Crippen LogP) is 1.51. The maximum absolute atomic E-state index is 10.6. The van der Waals surface area contributed by atoms with Gasteiger partial charge in [-0.05, 0) is 19.8 Å². The Balaban J connectivity index is 1.91. The summed E-state index contributed by atoms with van der Waals surface area (Å²) in [6.07, 6.45) is 3.52. The Kier molecular flexibility index (Phi) is 4.25. The van der Waals surface area contributed by atoms with Crippen molar-refractivity contribution in [3.8, 4) is 0 Å². The monoisotopic (exact) mass is 172 g/mol. The molecule has 0 aromatic carbocycles. The van der Waals surface area contributed by atoms with Crippen molar-refractivity contribution in [1.82, 2.24) is 0 Å². The average molecular weight is 172 g/mol. The van der Waals surface area contributed by atoms with Crippen molar-refractivity contribution < 1.29 is 14.3 Å². The molecule has 0 spiro atoms. The molecule has 1 fully saturated rings. The standard InChI is InChI=1S/C9H16O3/c1-8(10)4-2-6-11-9-5-3-7-12-9/h9H,2-7H2,1H3. The lowest BCUT2D eigenvalue weighted by Gasteiger charge is -2.09. The molecule has 1 heterocycles. The lowest BCUT2D eigenvalue weighted by Crippen LogP contribution is -2.11. The Morgan fingerprint density at radius 3 is 3.08 bits per heavy atom. The van der Waals surface area contributed by atoms with Crippen LogP contribution in [0.3, 0.4) is 0 Å². The van der Waals surface area contributed by atoms with Gasteiger partial charge in [0.25, 0.3) is 0 Å². The molecule has 3 nitrogen and oxygen atoms in total. The van der Waals surface area contributed by atoms with Crippen LogP contribution < -0.4 is 0 Å². The molecule has 1 unspecified atom stereocenters. The molecule has 1 saturated heterocycles. The number of Topliss-reactive ketones (excluding diaryl/α,β-unsaturated/α-hetero) is 1. The first kappa shape index (κ1) is 9.68. The van der Waals surface area contributed by atoms with E-state index in [-0.39, 0.29) is 12.1 Å². The van der Waals surface area contributed by atoms with Gasteiger partial charge in [0, 0.05) is 19.4 Å². The minimum Gasteiger partial charge on any atom is -0.353 e. The molecule has 0 aromatic rings. The van der Waals surface area contributed by atoms with Crippen molar-refractivity contribution in [2.24, 2.45) is 0 Å². The molecule has 12 heavy (non-hydrogen) atoms. The lowest BCUT2D eigenvalue weighted by atomic mass is 10.2. The largest absolute Gasteiger partial charge is 0.353 e. The Hall–Kier alpha value is -0.410. The highest BCUT2D eigenvalue weighted by Gasteiger charge is 2.14. The third kappa shape index (κ3) is 3.83. The molecule has 3 heteroatoms. The van der Waals surface area contributed by atoms with Gasteiger partial charge in [0.15, 0.2) is 6.29 Å². The fourth-order valence-corrected chi connectivity index (χ4v) is 1.22. The van der Waals surface area contributed by atoms with Gasteiger partial charge in [0.05, 0.1) is 6.61 Å². The second-order valence-electron chi connectivity index (χ2n) is 3.12. The molecule has 0 radical (unpaired) electrons. The van der Waals surface area contributed by atoms with E-state index in [4.69, 9.17) is 9.47 Å². The van der Waals surface area contributed by atoms with Gasteiger partial charge in [-0.1, -0.05) is 0 Å². The minimum absolute atomic E-state index is 0.00282. The zero-order valence-corrected chi connectivity index (χ0v) is 7.54. The van der Waals surface area contributed by atoms with Gasteiger partial charge < -0.3 is 14.3 Å². The van der Waals surface area contributed by atoms with Crippen molar-refractivity contribution in [2.45, 2.75) is 38.9 Å². The Morgan fingerprint density at radius 1 is 1.67 bits per heavy atom. The van der Waals surface area contributed by atoms with Crippen LogP contribution in [-0.2, 0) is 14.3 Å². The highest BCUT2D eigenvalue weighted by atomic mass is 16.7. The molecule has 0 amide bonds. The minimum atomic E-state index is -0.00282. The van der Waals surface area contributed by atoms with Gasteiger partial charge in [-0.25, -0.2) is 0 Å². The summed E-state index contributed by atoms with van der Waals surface area (Å²) in [5.41, 5.74) is 0. The summed E-state index contributed by atoms with van der Waals surface area (Å²) < 4.78 is 10.6. The van der Waals surface area contributed by atoms with Gasteiger partial charge in [-0.2, -0.15) is 0 Å². The van der Waals surface area contributed by atoms with Gasteiger partial charge in [-0.15, -0.1) is 0 Å². The van der Waals surface area contributed by atoms with E-state index in [1.54, 1.807) is 6.92 Å². The third-order valence-electron chi connectivity index (χ3n) is 1.86. The summed E-state index contributed by atoms with van der Waals surface area (Å²) in [5.74, 6) is 0.228. The van der Waals surface area contributed by atoms with Crippen LogP contribution in [0.25, 0.3) is 0 Å². The van der Waals surface area contributed by atoms with Crippen LogP contribution in [0.2, 0.25) is 0 Å². The van der Waals surface area contributed by atoms with E-state index < -0.39 is 0 Å². The molecule has 70 valence electrons. The number of rotatable bonds is 5. The van der Waals surface area contributed by atoms with E-state index >= 15 is 0 Å². The summed E-state index contributed by atoms with van der Waals surface area (Å²) in [5, 5.41) is 0. The third-order valence-corrected chi connectivity index (χ3v) is 1.86. The molecular weight excluding hydrogens is 156 g/mol. The SMILES string of the molecule is CC(=O)CCCOC1CCCO1. The van der Waals surface area contributed by atoms with Crippen LogP contribution in [0.1, 0.15) is 32.6 Å². The van der Waals surface area contributed by atoms with Gasteiger partial charge >= 0.3 is 0 Å². The van der Waals surface area contributed by atoms with Crippen LogP contribution in [0.4, 0.5) is 0 Å². The lowest BCUT2D eigenvalue weighted by molar-refractivity contribution is -0.121. The van der Waals surface area contributed by atoms with Crippen LogP contribution in [0.15, 0.2) is 0 Å². The van der Waals surface area contributed by atoms with Crippen molar-refractivity contribution >= 4 is 5.78 Å². The maximum Gasteiger partial charge on any atom is 0.157 e. The summed E-state index contributed by atoms with van der Waals surface area (Å²) in [6.45, 7) is 3.06.